The molecule has 2 aliphatic rings. The molecule has 1 N–H and O–H groups in total. The molecule has 1 aromatic heterocycles. The topological polar surface area (TPSA) is 65.5 Å². The van der Waals surface area contributed by atoms with Gasteiger partial charge in [0, 0.05) is 44.1 Å². The number of hydrogen-bond donors (Lipinski definition) is 1. The van der Waals surface area contributed by atoms with Gasteiger partial charge < -0.3 is 15.1 Å². The first kappa shape index (κ1) is 12.9. The number of carbonyl (C=O) groups is 2. The number of anilines is 1. The Bertz CT molecular complexity index is 508. The van der Waals surface area contributed by atoms with E-state index in [1.807, 2.05) is 12.1 Å². The quantitative estimate of drug-likeness (QED) is 0.799. The van der Waals surface area contributed by atoms with Crippen LogP contribution < -0.4 is 10.2 Å². The Labute approximate surface area is 117 Å². The van der Waals surface area contributed by atoms with Crippen molar-refractivity contribution in [2.24, 2.45) is 0 Å². The van der Waals surface area contributed by atoms with E-state index in [1.54, 1.807) is 11.1 Å². The Hall–Kier alpha value is -2.11. The van der Waals surface area contributed by atoms with Gasteiger partial charge in [-0.1, -0.05) is 0 Å². The number of carbonyl (C=O) groups excluding carboxylic acids is 2. The lowest BCUT2D eigenvalue weighted by atomic mass is 10.2. The van der Waals surface area contributed by atoms with Gasteiger partial charge in [0.25, 0.3) is 5.91 Å². The van der Waals surface area contributed by atoms with Gasteiger partial charge in [0.15, 0.2) is 0 Å². The predicted octanol–water partition coefficient (Wildman–Crippen LogP) is 0.252. The predicted molar refractivity (Wildman–Crippen MR) is 74.6 cm³/mol. The summed E-state index contributed by atoms with van der Waals surface area (Å²) in [7, 11) is 0. The number of piperazine rings is 1. The molecular formula is C14H18N4O2. The number of rotatable bonds is 4. The van der Waals surface area contributed by atoms with E-state index < -0.39 is 0 Å². The lowest BCUT2D eigenvalue weighted by Crippen LogP contribution is -2.45. The van der Waals surface area contributed by atoms with Crippen molar-refractivity contribution in [1.29, 1.82) is 0 Å². The summed E-state index contributed by atoms with van der Waals surface area (Å²) in [6.45, 7) is 3.00. The first-order valence-corrected chi connectivity index (χ1v) is 6.97. The van der Waals surface area contributed by atoms with E-state index in [2.05, 4.69) is 15.2 Å². The van der Waals surface area contributed by atoms with E-state index in [4.69, 9.17) is 0 Å². The number of aromatic nitrogens is 1. The van der Waals surface area contributed by atoms with Gasteiger partial charge in [-0.15, -0.1) is 0 Å². The zero-order valence-electron chi connectivity index (χ0n) is 11.3. The molecule has 2 amide bonds. The standard InChI is InChI=1S/C14H18N4O2/c19-10-17-5-7-18(8-6-17)12-3-4-15-13(9-12)14(20)16-11-1-2-11/h3-4,9-11H,1-2,5-8H2,(H,16,20). The molecule has 0 spiro atoms. The van der Waals surface area contributed by atoms with Gasteiger partial charge in [-0.25, -0.2) is 0 Å². The number of nitrogens with one attached hydrogen (secondary N) is 1. The lowest BCUT2D eigenvalue weighted by Gasteiger charge is -2.34. The molecule has 1 aliphatic carbocycles. The van der Waals surface area contributed by atoms with Crippen molar-refractivity contribution < 1.29 is 9.59 Å². The summed E-state index contributed by atoms with van der Waals surface area (Å²) in [5, 5.41) is 2.94. The van der Waals surface area contributed by atoms with Crippen molar-refractivity contribution in [3.63, 3.8) is 0 Å². The average molecular weight is 274 g/mol. The summed E-state index contributed by atoms with van der Waals surface area (Å²) >= 11 is 0. The third kappa shape index (κ3) is 2.89. The van der Waals surface area contributed by atoms with Gasteiger partial charge >= 0.3 is 0 Å². The monoisotopic (exact) mass is 274 g/mol. The molecule has 1 saturated carbocycles. The molecule has 2 heterocycles. The van der Waals surface area contributed by atoms with Gasteiger partial charge in [0.2, 0.25) is 6.41 Å². The Kier molecular flexibility index (Phi) is 3.54. The number of pyridine rings is 1. The Morgan fingerprint density at radius 1 is 1.30 bits per heavy atom. The molecule has 1 saturated heterocycles. The summed E-state index contributed by atoms with van der Waals surface area (Å²) in [6, 6.07) is 4.07. The van der Waals surface area contributed by atoms with Crippen molar-refractivity contribution in [2.75, 3.05) is 31.1 Å². The summed E-state index contributed by atoms with van der Waals surface area (Å²) in [4.78, 5) is 30.8. The highest BCUT2D eigenvalue weighted by molar-refractivity contribution is 5.93. The van der Waals surface area contributed by atoms with Crippen molar-refractivity contribution in [2.45, 2.75) is 18.9 Å². The third-order valence-corrected chi connectivity index (χ3v) is 3.72. The zero-order chi connectivity index (χ0) is 13.9. The molecule has 6 nitrogen and oxygen atoms in total. The van der Waals surface area contributed by atoms with Crippen LogP contribution in [-0.4, -0.2) is 54.4 Å². The van der Waals surface area contributed by atoms with Crippen LogP contribution in [0.2, 0.25) is 0 Å². The Balaban J connectivity index is 1.67. The fraction of sp³-hybridized carbons (Fsp3) is 0.500. The van der Waals surface area contributed by atoms with E-state index in [0.717, 1.165) is 51.1 Å². The van der Waals surface area contributed by atoms with E-state index >= 15 is 0 Å². The van der Waals surface area contributed by atoms with Gasteiger partial charge in [0.1, 0.15) is 5.69 Å². The molecule has 0 radical (unpaired) electrons. The molecule has 106 valence electrons. The highest BCUT2D eigenvalue weighted by atomic mass is 16.2. The van der Waals surface area contributed by atoms with Crippen LogP contribution in [0.15, 0.2) is 18.3 Å². The first-order chi connectivity index (χ1) is 9.76. The maximum absolute atomic E-state index is 12.0. The largest absolute Gasteiger partial charge is 0.368 e. The average Bonchev–Trinajstić information content (AvgIpc) is 3.31. The highest BCUT2D eigenvalue weighted by Gasteiger charge is 2.24. The second kappa shape index (κ2) is 5.48. The number of hydrogen-bond acceptors (Lipinski definition) is 4. The zero-order valence-corrected chi connectivity index (χ0v) is 11.3. The summed E-state index contributed by atoms with van der Waals surface area (Å²) in [5.41, 5.74) is 1.46. The second-order valence-electron chi connectivity index (χ2n) is 5.28. The summed E-state index contributed by atoms with van der Waals surface area (Å²) < 4.78 is 0. The van der Waals surface area contributed by atoms with Crippen LogP contribution in [0.3, 0.4) is 0 Å². The molecular weight excluding hydrogens is 256 g/mol. The van der Waals surface area contributed by atoms with Crippen LogP contribution in [0, 0.1) is 0 Å². The van der Waals surface area contributed by atoms with Crippen LogP contribution in [-0.2, 0) is 4.79 Å². The van der Waals surface area contributed by atoms with Gasteiger partial charge in [0.05, 0.1) is 0 Å². The van der Waals surface area contributed by atoms with Gasteiger partial charge in [-0.2, -0.15) is 0 Å². The first-order valence-electron chi connectivity index (χ1n) is 6.97. The number of amides is 2. The van der Waals surface area contributed by atoms with E-state index in [0.29, 0.717) is 11.7 Å². The highest BCUT2D eigenvalue weighted by Crippen LogP contribution is 2.20. The van der Waals surface area contributed by atoms with Crippen molar-refractivity contribution in [1.82, 2.24) is 15.2 Å². The lowest BCUT2D eigenvalue weighted by molar-refractivity contribution is -0.118. The molecule has 0 atom stereocenters. The Morgan fingerprint density at radius 3 is 2.70 bits per heavy atom. The molecule has 6 heteroatoms. The fourth-order valence-corrected chi connectivity index (χ4v) is 2.31. The fourth-order valence-electron chi connectivity index (χ4n) is 2.31. The van der Waals surface area contributed by atoms with Gasteiger partial charge in [-0.3, -0.25) is 14.6 Å². The number of nitrogens with zero attached hydrogens (tertiary/aromatic N) is 3. The molecule has 0 bridgehead atoms. The Morgan fingerprint density at radius 2 is 2.05 bits per heavy atom. The molecule has 3 rings (SSSR count). The van der Waals surface area contributed by atoms with Crippen LogP contribution in [0.4, 0.5) is 5.69 Å². The van der Waals surface area contributed by atoms with E-state index in [9.17, 15) is 9.59 Å². The maximum atomic E-state index is 12.0. The van der Waals surface area contributed by atoms with Crippen molar-refractivity contribution >= 4 is 18.0 Å². The minimum absolute atomic E-state index is 0.0964. The molecule has 2 fully saturated rings. The summed E-state index contributed by atoms with van der Waals surface area (Å²) in [6.07, 6.45) is 4.69. The molecule has 0 aromatic carbocycles. The summed E-state index contributed by atoms with van der Waals surface area (Å²) in [5.74, 6) is -0.0964. The molecule has 0 unspecified atom stereocenters. The van der Waals surface area contributed by atoms with Crippen molar-refractivity contribution in [3.8, 4) is 0 Å². The smallest absolute Gasteiger partial charge is 0.270 e. The van der Waals surface area contributed by atoms with Crippen LogP contribution in [0.1, 0.15) is 23.3 Å². The van der Waals surface area contributed by atoms with Crippen molar-refractivity contribution in [3.05, 3.63) is 24.0 Å². The third-order valence-electron chi connectivity index (χ3n) is 3.72. The molecule has 1 aliphatic heterocycles. The van der Waals surface area contributed by atoms with Crippen LogP contribution >= 0.6 is 0 Å². The minimum Gasteiger partial charge on any atom is -0.368 e. The molecule has 1 aromatic rings. The van der Waals surface area contributed by atoms with Crippen LogP contribution in [0.25, 0.3) is 0 Å². The van der Waals surface area contributed by atoms with E-state index in [-0.39, 0.29) is 5.91 Å². The normalized spacial score (nSPS) is 18.8. The van der Waals surface area contributed by atoms with E-state index in [1.165, 1.54) is 0 Å². The van der Waals surface area contributed by atoms with Crippen LogP contribution in [0.5, 0.6) is 0 Å². The van der Waals surface area contributed by atoms with Gasteiger partial charge in [-0.05, 0) is 25.0 Å². The minimum atomic E-state index is -0.0964. The molecule has 20 heavy (non-hydrogen) atoms. The SMILES string of the molecule is O=CN1CCN(c2ccnc(C(=O)NC3CC3)c2)CC1. The maximum Gasteiger partial charge on any atom is 0.270 e. The second-order valence-corrected chi connectivity index (χ2v) is 5.28.